The molecule has 17 heavy (non-hydrogen) atoms. The fraction of sp³-hybridized carbons (Fsp3) is 0.273. The summed E-state index contributed by atoms with van der Waals surface area (Å²) in [6, 6.07) is 4.06. The molecule has 0 amide bonds. The Morgan fingerprint density at radius 3 is 2.88 bits per heavy atom. The molecule has 0 fully saturated rings. The highest BCUT2D eigenvalue weighted by molar-refractivity contribution is 7.07. The van der Waals surface area contributed by atoms with E-state index in [4.69, 9.17) is 11.5 Å². The van der Waals surface area contributed by atoms with Gasteiger partial charge >= 0.3 is 0 Å². The number of hydrogen-bond acceptors (Lipinski definition) is 6. The van der Waals surface area contributed by atoms with Crippen molar-refractivity contribution in [2.24, 2.45) is 0 Å². The van der Waals surface area contributed by atoms with E-state index in [1.165, 1.54) is 5.56 Å². The van der Waals surface area contributed by atoms with Crippen molar-refractivity contribution in [3.63, 3.8) is 0 Å². The number of nitrogens with one attached hydrogen (secondary N) is 1. The first-order chi connectivity index (χ1) is 8.13. The molecule has 2 heterocycles. The molecule has 0 aliphatic heterocycles. The van der Waals surface area contributed by atoms with Crippen LogP contribution in [0.25, 0.3) is 0 Å². The Morgan fingerprint density at radius 2 is 2.24 bits per heavy atom. The second-order valence-electron chi connectivity index (χ2n) is 3.92. The number of anilines is 3. The van der Waals surface area contributed by atoms with E-state index in [0.717, 1.165) is 6.42 Å². The van der Waals surface area contributed by atoms with Crippen molar-refractivity contribution >= 4 is 28.9 Å². The Bertz CT molecular complexity index is 462. The van der Waals surface area contributed by atoms with Crippen LogP contribution in [0.15, 0.2) is 22.9 Å². The van der Waals surface area contributed by atoms with E-state index >= 15 is 0 Å². The van der Waals surface area contributed by atoms with Gasteiger partial charge in [-0.3, -0.25) is 0 Å². The first kappa shape index (κ1) is 11.7. The summed E-state index contributed by atoms with van der Waals surface area (Å²) in [5.74, 6) is 1.23. The van der Waals surface area contributed by atoms with Gasteiger partial charge in [0.2, 0.25) is 5.95 Å². The smallest absolute Gasteiger partial charge is 0.223 e. The molecule has 0 saturated heterocycles. The van der Waals surface area contributed by atoms with Crippen LogP contribution in [-0.2, 0) is 6.42 Å². The molecule has 1 atom stereocenters. The standard InChI is InChI=1S/C11H15N5S/c1-7(4-8-2-3-17-6-8)14-10-5-9(12)15-11(13)16-10/h2-3,5-7H,4H2,1H3,(H5,12,13,14,15,16). The second-order valence-corrected chi connectivity index (χ2v) is 4.70. The van der Waals surface area contributed by atoms with Crippen LogP contribution in [0.2, 0.25) is 0 Å². The first-order valence-corrected chi connectivity index (χ1v) is 6.25. The predicted octanol–water partition coefficient (Wildman–Crippen LogP) is 1.75. The maximum atomic E-state index is 5.60. The molecule has 2 aromatic rings. The number of nitrogens with two attached hydrogens (primary N) is 2. The van der Waals surface area contributed by atoms with Gasteiger partial charge in [-0.15, -0.1) is 0 Å². The van der Waals surface area contributed by atoms with Gasteiger partial charge in [0.15, 0.2) is 0 Å². The van der Waals surface area contributed by atoms with Gasteiger partial charge in [-0.25, -0.2) is 0 Å². The second kappa shape index (κ2) is 5.01. The van der Waals surface area contributed by atoms with Gasteiger partial charge in [-0.05, 0) is 35.7 Å². The molecule has 0 aliphatic carbocycles. The quantitative estimate of drug-likeness (QED) is 0.768. The van der Waals surface area contributed by atoms with E-state index < -0.39 is 0 Å². The first-order valence-electron chi connectivity index (χ1n) is 5.31. The molecule has 0 aliphatic rings. The number of nitrogens with zero attached hydrogens (tertiary/aromatic N) is 2. The van der Waals surface area contributed by atoms with Crippen LogP contribution in [0.1, 0.15) is 12.5 Å². The molecule has 5 nitrogen and oxygen atoms in total. The van der Waals surface area contributed by atoms with Crippen LogP contribution in [-0.4, -0.2) is 16.0 Å². The zero-order valence-electron chi connectivity index (χ0n) is 9.55. The van der Waals surface area contributed by atoms with Crippen LogP contribution < -0.4 is 16.8 Å². The summed E-state index contributed by atoms with van der Waals surface area (Å²) in [4.78, 5) is 7.90. The van der Waals surface area contributed by atoms with Crippen molar-refractivity contribution in [2.45, 2.75) is 19.4 Å². The summed E-state index contributed by atoms with van der Waals surface area (Å²) in [7, 11) is 0. The Kier molecular flexibility index (Phi) is 3.43. The van der Waals surface area contributed by atoms with Crippen LogP contribution in [0, 0.1) is 0 Å². The Hall–Kier alpha value is -1.82. The average molecular weight is 249 g/mol. The van der Waals surface area contributed by atoms with Gasteiger partial charge < -0.3 is 16.8 Å². The average Bonchev–Trinajstić information content (AvgIpc) is 2.67. The molecule has 2 aromatic heterocycles. The molecular weight excluding hydrogens is 234 g/mol. The summed E-state index contributed by atoms with van der Waals surface area (Å²) < 4.78 is 0. The van der Waals surface area contributed by atoms with E-state index in [2.05, 4.69) is 39.0 Å². The highest BCUT2D eigenvalue weighted by atomic mass is 32.1. The molecule has 0 saturated carbocycles. The molecule has 1 unspecified atom stereocenters. The lowest BCUT2D eigenvalue weighted by Gasteiger charge is -2.14. The Labute approximate surface area is 104 Å². The van der Waals surface area contributed by atoms with Crippen molar-refractivity contribution in [2.75, 3.05) is 16.8 Å². The largest absolute Gasteiger partial charge is 0.383 e. The summed E-state index contributed by atoms with van der Waals surface area (Å²) in [5.41, 5.74) is 12.4. The highest BCUT2D eigenvalue weighted by Gasteiger charge is 2.06. The molecule has 0 radical (unpaired) electrons. The zero-order valence-corrected chi connectivity index (χ0v) is 10.4. The van der Waals surface area contributed by atoms with Gasteiger partial charge in [0.25, 0.3) is 0 Å². The van der Waals surface area contributed by atoms with Crippen molar-refractivity contribution in [3.05, 3.63) is 28.5 Å². The van der Waals surface area contributed by atoms with Gasteiger partial charge in [-0.2, -0.15) is 21.3 Å². The normalized spacial score (nSPS) is 12.3. The number of aromatic nitrogens is 2. The minimum absolute atomic E-state index is 0.190. The van der Waals surface area contributed by atoms with Gasteiger partial charge in [0.05, 0.1) is 0 Å². The molecule has 0 spiro atoms. The summed E-state index contributed by atoms with van der Waals surface area (Å²) in [6.07, 6.45) is 0.938. The lowest BCUT2D eigenvalue weighted by molar-refractivity contribution is 0.786. The molecule has 0 aromatic carbocycles. The lowest BCUT2D eigenvalue weighted by atomic mass is 10.1. The van der Waals surface area contributed by atoms with Gasteiger partial charge in [-0.1, -0.05) is 0 Å². The minimum Gasteiger partial charge on any atom is -0.383 e. The highest BCUT2D eigenvalue weighted by Crippen LogP contribution is 2.14. The number of thiophene rings is 1. The van der Waals surface area contributed by atoms with E-state index in [-0.39, 0.29) is 12.0 Å². The number of hydrogen-bond donors (Lipinski definition) is 3. The van der Waals surface area contributed by atoms with Crippen molar-refractivity contribution in [1.29, 1.82) is 0 Å². The molecule has 6 heteroatoms. The van der Waals surface area contributed by atoms with E-state index in [1.807, 2.05) is 0 Å². The predicted molar refractivity (Wildman–Crippen MR) is 72.0 cm³/mol. The van der Waals surface area contributed by atoms with Gasteiger partial charge in [0.1, 0.15) is 11.6 Å². The van der Waals surface area contributed by atoms with Crippen LogP contribution in [0.3, 0.4) is 0 Å². The third-order valence-corrected chi connectivity index (χ3v) is 3.01. The third kappa shape index (κ3) is 3.32. The van der Waals surface area contributed by atoms with E-state index in [1.54, 1.807) is 17.4 Å². The molecular formula is C11H15N5S. The topological polar surface area (TPSA) is 89.8 Å². The SMILES string of the molecule is CC(Cc1ccsc1)Nc1cc(N)nc(N)n1. The van der Waals surface area contributed by atoms with Crippen molar-refractivity contribution < 1.29 is 0 Å². The summed E-state index contributed by atoms with van der Waals surface area (Å²) in [6.45, 7) is 2.09. The zero-order chi connectivity index (χ0) is 12.3. The summed E-state index contributed by atoms with van der Waals surface area (Å²) in [5, 5.41) is 7.47. The van der Waals surface area contributed by atoms with Crippen molar-refractivity contribution in [3.8, 4) is 0 Å². The lowest BCUT2D eigenvalue weighted by Crippen LogP contribution is -2.19. The fourth-order valence-corrected chi connectivity index (χ4v) is 2.31. The van der Waals surface area contributed by atoms with Crippen molar-refractivity contribution in [1.82, 2.24) is 9.97 Å². The third-order valence-electron chi connectivity index (χ3n) is 2.28. The molecule has 2 rings (SSSR count). The Balaban J connectivity index is 2.00. The number of nitrogen functional groups attached to an aromatic ring is 2. The molecule has 90 valence electrons. The summed E-state index contributed by atoms with van der Waals surface area (Å²) >= 11 is 1.70. The minimum atomic E-state index is 0.190. The van der Waals surface area contributed by atoms with Gasteiger partial charge in [0, 0.05) is 12.1 Å². The maximum absolute atomic E-state index is 5.60. The van der Waals surface area contributed by atoms with E-state index in [0.29, 0.717) is 11.6 Å². The van der Waals surface area contributed by atoms with Crippen LogP contribution >= 0.6 is 11.3 Å². The molecule has 5 N–H and O–H groups in total. The molecule has 0 bridgehead atoms. The van der Waals surface area contributed by atoms with Crippen LogP contribution in [0.4, 0.5) is 17.6 Å². The Morgan fingerprint density at radius 1 is 1.41 bits per heavy atom. The maximum Gasteiger partial charge on any atom is 0.223 e. The number of rotatable bonds is 4. The fourth-order valence-electron chi connectivity index (χ4n) is 1.63. The van der Waals surface area contributed by atoms with Crippen LogP contribution in [0.5, 0.6) is 0 Å². The monoisotopic (exact) mass is 249 g/mol. The van der Waals surface area contributed by atoms with E-state index in [9.17, 15) is 0 Å².